The van der Waals surface area contributed by atoms with Crippen LogP contribution in [0.25, 0.3) is 44.3 Å². The molecule has 4 aromatic carbocycles. The van der Waals surface area contributed by atoms with Gasteiger partial charge in [-0.25, -0.2) is 19.9 Å². The normalized spacial score (nSPS) is 11.2. The number of H-pyrrole nitrogens is 2. The molecule has 0 fully saturated rings. The molecule has 18 nitrogen and oxygen atoms in total. The second-order valence-corrected chi connectivity index (χ2v) is 18.7. The predicted octanol–water partition coefficient (Wildman–Crippen LogP) is 11.3. The van der Waals surface area contributed by atoms with Crippen molar-refractivity contribution < 1.29 is 37.1 Å². The molecule has 0 saturated heterocycles. The van der Waals surface area contributed by atoms with Crippen LogP contribution in [-0.2, 0) is 24.0 Å². The van der Waals surface area contributed by atoms with Crippen molar-refractivity contribution in [3.05, 3.63) is 156 Å². The number of carbonyl (C=O) groups is 5. The van der Waals surface area contributed by atoms with Gasteiger partial charge in [-0.2, -0.15) is 13.2 Å². The summed E-state index contributed by atoms with van der Waals surface area (Å²) in [4.78, 5) is 82.9. The number of nitrogens with zero attached hydrogens (tertiary/aromatic N) is 5. The molecule has 0 saturated carbocycles. The number of alkyl halides is 4. The molecule has 0 atom stereocenters. The Bertz CT molecular complexity index is 3480. The second kappa shape index (κ2) is 29.6. The Labute approximate surface area is 474 Å². The smallest absolute Gasteiger partial charge is 0.360 e. The van der Waals surface area contributed by atoms with E-state index >= 15 is 0 Å². The molecule has 4 heterocycles. The first-order valence-corrected chi connectivity index (χ1v) is 26.0. The summed E-state index contributed by atoms with van der Waals surface area (Å²) in [5.74, 6) is -2.44. The van der Waals surface area contributed by atoms with E-state index in [4.69, 9.17) is 34.8 Å². The average molecular weight is 1200 g/mol. The average Bonchev–Trinajstić information content (AvgIpc) is 4.07. The molecular weight excluding hydrogens is 1150 g/mol. The van der Waals surface area contributed by atoms with Crippen molar-refractivity contribution in [1.29, 1.82) is 0 Å². The molecule has 0 bridgehead atoms. The summed E-state index contributed by atoms with van der Waals surface area (Å²) in [6, 6.07) is 29.5. The highest BCUT2D eigenvalue weighted by atomic mass is 79.9. The first-order chi connectivity index (χ1) is 37.9. The number of benzene rings is 4. The van der Waals surface area contributed by atoms with E-state index < -0.39 is 29.8 Å². The molecule has 410 valence electrons. The number of anilines is 6. The maximum Gasteiger partial charge on any atom is 0.471 e. The van der Waals surface area contributed by atoms with E-state index in [2.05, 4.69) is 72.4 Å². The van der Waals surface area contributed by atoms with E-state index in [-0.39, 0.29) is 37.1 Å². The molecule has 4 aromatic heterocycles. The standard InChI is InChI=1S/C27H28ClN7O2.C23H18ClF3N6O2.C4H4BrClO/c1-35(2)14-6-11-24(36)29-13-12-25(37)32-18-7-5-8-19(15-18)33-27-31-17-22(28)26(34-27)21-16-30-23-10-4-3-9-20(21)23;24-17-12-30-22(33-20(17)16-11-29-18-7-2-1-6-15(16)18)32-14-5-3-4-13(10-14)31-19(34)8-9-28-21(35)23(25,26)27;5-3-1-2-4(6)7/h3-11,15-17,30H,12-14H2,1-2H3,(H,29,36)(H,32,37)(H,31,33,34);1-7,10-12,29H,8-9H2,(H,28,35)(H,31,34)(H,30,32,33);1-2H,3H2/b11-6+;;2-1+. The number of hydrogen-bond donors (Lipinski definition) is 8. The lowest BCUT2D eigenvalue weighted by atomic mass is 10.1. The van der Waals surface area contributed by atoms with Gasteiger partial charge in [0.15, 0.2) is 0 Å². The summed E-state index contributed by atoms with van der Waals surface area (Å²) in [5.41, 5.74) is 7.03. The molecular formula is C54H50BrCl3F3N13O5. The molecule has 8 aromatic rings. The van der Waals surface area contributed by atoms with Crippen molar-refractivity contribution in [3.8, 4) is 22.5 Å². The number of hydrogen-bond acceptors (Lipinski definition) is 12. The van der Waals surface area contributed by atoms with E-state index in [1.165, 1.54) is 18.3 Å². The van der Waals surface area contributed by atoms with Crippen LogP contribution in [0.3, 0.4) is 0 Å². The molecule has 25 heteroatoms. The summed E-state index contributed by atoms with van der Waals surface area (Å²) in [5, 5.41) is 19.0. The SMILES string of the molecule is CN(C)C/C=C/C(=O)NCCC(=O)Nc1cccc(Nc2ncc(Cl)c(-c3c[nH]c4ccccc34)n2)c1.O=C(CCNC(=O)C(F)(F)F)Nc1cccc(Nc2ncc(Cl)c(-c3c[nH]c4ccccc34)n2)c1.O=C(Cl)/C=C/CBr. The van der Waals surface area contributed by atoms with Crippen molar-refractivity contribution in [2.75, 3.05) is 60.3 Å². The Balaban J connectivity index is 0.000000228. The van der Waals surface area contributed by atoms with Gasteiger partial charge in [0.1, 0.15) is 0 Å². The highest BCUT2D eigenvalue weighted by Gasteiger charge is 2.38. The molecule has 0 radical (unpaired) electrons. The lowest BCUT2D eigenvalue weighted by molar-refractivity contribution is -0.173. The lowest BCUT2D eigenvalue weighted by Gasteiger charge is -2.11. The third-order valence-electron chi connectivity index (χ3n) is 10.6. The van der Waals surface area contributed by atoms with Crippen LogP contribution < -0.4 is 31.9 Å². The van der Waals surface area contributed by atoms with Crippen LogP contribution in [0.5, 0.6) is 0 Å². The monoisotopic (exact) mass is 1200 g/mol. The number of aromatic nitrogens is 6. The van der Waals surface area contributed by atoms with Crippen LogP contribution in [0.15, 0.2) is 146 Å². The number of rotatable bonds is 19. The van der Waals surface area contributed by atoms with Crippen LogP contribution in [0.1, 0.15) is 12.8 Å². The fraction of sp³-hybridized carbons (Fsp3) is 0.167. The van der Waals surface area contributed by atoms with Crippen molar-refractivity contribution in [2.24, 2.45) is 0 Å². The molecule has 8 N–H and O–H groups in total. The summed E-state index contributed by atoms with van der Waals surface area (Å²) < 4.78 is 36.6. The molecule has 4 amide bonds. The van der Waals surface area contributed by atoms with Crippen LogP contribution in [-0.4, -0.2) is 109 Å². The van der Waals surface area contributed by atoms with E-state index in [1.54, 1.807) is 60.1 Å². The Morgan fingerprint density at radius 2 is 1.11 bits per heavy atom. The van der Waals surface area contributed by atoms with Gasteiger partial charge in [0.2, 0.25) is 34.9 Å². The minimum Gasteiger partial charge on any atom is -0.360 e. The van der Waals surface area contributed by atoms with Gasteiger partial charge >= 0.3 is 12.1 Å². The summed E-state index contributed by atoms with van der Waals surface area (Å²) in [6.45, 7) is 0.463. The van der Waals surface area contributed by atoms with Crippen molar-refractivity contribution >= 4 is 136 Å². The van der Waals surface area contributed by atoms with Gasteiger partial charge in [0.25, 0.3) is 0 Å². The summed E-state index contributed by atoms with van der Waals surface area (Å²) >= 11 is 20.8. The predicted molar refractivity (Wildman–Crippen MR) is 308 cm³/mol. The first kappa shape index (κ1) is 60.1. The van der Waals surface area contributed by atoms with Crippen molar-refractivity contribution in [1.82, 2.24) is 45.4 Å². The highest BCUT2D eigenvalue weighted by molar-refractivity contribution is 9.09. The van der Waals surface area contributed by atoms with E-state index in [1.807, 2.05) is 92.1 Å². The molecule has 0 unspecified atom stereocenters. The van der Waals surface area contributed by atoms with Crippen molar-refractivity contribution in [3.63, 3.8) is 0 Å². The maximum absolute atomic E-state index is 12.3. The number of amides is 4. The Hall–Kier alpha value is -8.15. The number of halogens is 7. The zero-order valence-electron chi connectivity index (χ0n) is 42.0. The topological polar surface area (TPSA) is 244 Å². The number of carbonyl (C=O) groups excluding carboxylic acids is 5. The molecule has 8 rings (SSSR count). The Morgan fingerprint density at radius 1 is 0.646 bits per heavy atom. The fourth-order valence-electron chi connectivity index (χ4n) is 7.08. The van der Waals surface area contributed by atoms with Crippen LogP contribution in [0.2, 0.25) is 10.0 Å². The maximum atomic E-state index is 12.3. The van der Waals surface area contributed by atoms with Crippen LogP contribution in [0, 0.1) is 0 Å². The first-order valence-electron chi connectivity index (χ1n) is 23.7. The number of fused-ring (bicyclic) bond motifs is 2. The van der Waals surface area contributed by atoms with Crippen LogP contribution in [0.4, 0.5) is 47.8 Å². The van der Waals surface area contributed by atoms with Crippen LogP contribution >= 0.6 is 50.7 Å². The largest absolute Gasteiger partial charge is 0.471 e. The summed E-state index contributed by atoms with van der Waals surface area (Å²) in [6.07, 6.45) is 7.74. The molecule has 0 spiro atoms. The van der Waals surface area contributed by atoms with Gasteiger partial charge in [-0.3, -0.25) is 24.0 Å². The minimum atomic E-state index is -4.99. The molecule has 79 heavy (non-hydrogen) atoms. The third-order valence-corrected chi connectivity index (χ3v) is 11.7. The molecule has 0 aliphatic carbocycles. The molecule has 0 aliphatic heterocycles. The zero-order valence-corrected chi connectivity index (χ0v) is 45.9. The minimum absolute atomic E-state index is 0.152. The van der Waals surface area contributed by atoms with E-state index in [9.17, 15) is 37.1 Å². The number of aromatic amines is 2. The highest BCUT2D eigenvalue weighted by Crippen LogP contribution is 2.34. The van der Waals surface area contributed by atoms with Gasteiger partial charge < -0.3 is 46.8 Å². The lowest BCUT2D eigenvalue weighted by Crippen LogP contribution is -2.38. The number of allylic oxidation sites excluding steroid dienone is 2. The second-order valence-electron chi connectivity index (χ2n) is 16.9. The number of para-hydroxylation sites is 2. The van der Waals surface area contributed by atoms with Gasteiger partial charge in [-0.15, -0.1) is 0 Å². The fourth-order valence-corrected chi connectivity index (χ4v) is 7.74. The van der Waals surface area contributed by atoms with Gasteiger partial charge in [0.05, 0.1) is 33.8 Å². The zero-order chi connectivity index (χ0) is 56.9. The number of likely N-dealkylation sites (N-methyl/N-ethyl adjacent to an activating group) is 1. The van der Waals surface area contributed by atoms with E-state index in [0.717, 1.165) is 32.9 Å². The Morgan fingerprint density at radius 3 is 1.56 bits per heavy atom. The number of nitrogens with one attached hydrogen (secondary N) is 8. The van der Waals surface area contributed by atoms with Gasteiger partial charge in [-0.1, -0.05) is 99.8 Å². The Kier molecular flexibility index (Phi) is 22.5. The van der Waals surface area contributed by atoms with Gasteiger partial charge in [0, 0.05) is 112 Å². The van der Waals surface area contributed by atoms with E-state index in [0.29, 0.717) is 62.0 Å². The molecule has 0 aliphatic rings. The third kappa shape index (κ3) is 19.1. The summed E-state index contributed by atoms with van der Waals surface area (Å²) in [7, 11) is 3.84. The quantitative estimate of drug-likeness (QED) is 0.0214. The van der Waals surface area contributed by atoms with Gasteiger partial charge in [-0.05, 0) is 80.3 Å². The van der Waals surface area contributed by atoms with Crippen molar-refractivity contribution in [2.45, 2.75) is 19.0 Å².